The molecule has 2 aromatic rings. The van der Waals surface area contributed by atoms with Crippen LogP contribution in [0.4, 0.5) is 9.18 Å². The number of benzene rings is 2. The highest BCUT2D eigenvalue weighted by Gasteiger charge is 2.03. The molecule has 0 aromatic heterocycles. The summed E-state index contributed by atoms with van der Waals surface area (Å²) in [6, 6.07) is 13.0. The van der Waals surface area contributed by atoms with E-state index in [4.69, 9.17) is 0 Å². The number of thioether (sulfide) groups is 1. The van der Waals surface area contributed by atoms with Crippen LogP contribution in [-0.4, -0.2) is 18.3 Å². The fourth-order valence-electron chi connectivity index (χ4n) is 1.96. The molecule has 5 heteroatoms. The van der Waals surface area contributed by atoms with Crippen LogP contribution in [0.1, 0.15) is 16.7 Å². The van der Waals surface area contributed by atoms with E-state index < -0.39 is 0 Å². The number of carbonyl (C=O) groups is 1. The van der Waals surface area contributed by atoms with Crippen molar-refractivity contribution in [1.82, 2.24) is 10.6 Å². The van der Waals surface area contributed by atoms with Crippen LogP contribution < -0.4 is 10.6 Å². The number of rotatable bonds is 6. The van der Waals surface area contributed by atoms with Crippen LogP contribution in [0.25, 0.3) is 0 Å². The summed E-state index contributed by atoms with van der Waals surface area (Å²) < 4.78 is 13.4. The van der Waals surface area contributed by atoms with Gasteiger partial charge in [0.2, 0.25) is 0 Å². The highest BCUT2D eigenvalue weighted by molar-refractivity contribution is 7.99. The molecule has 3 nitrogen and oxygen atoms in total. The predicted octanol–water partition coefficient (Wildman–Crippen LogP) is 4.03. The second-order valence-electron chi connectivity index (χ2n) is 5.35. The smallest absolute Gasteiger partial charge is 0.315 e. The molecule has 2 aromatic carbocycles. The van der Waals surface area contributed by atoms with E-state index in [1.54, 1.807) is 24.8 Å². The molecule has 2 amide bonds. The minimum atomic E-state index is -0.251. The van der Waals surface area contributed by atoms with Gasteiger partial charge in [0, 0.05) is 23.7 Å². The maximum atomic E-state index is 13.4. The summed E-state index contributed by atoms with van der Waals surface area (Å²) in [5.41, 5.74) is 2.59. The van der Waals surface area contributed by atoms with Crippen LogP contribution in [0.3, 0.4) is 0 Å². The zero-order valence-electron chi connectivity index (χ0n) is 13.4. The molecule has 0 aliphatic heterocycles. The molecule has 0 saturated carbocycles. The SMILES string of the molecule is Cc1ccc(SCCNC(=O)NCc2ccc(C)c(F)c2)cc1. The highest BCUT2D eigenvalue weighted by atomic mass is 32.2. The Balaban J connectivity index is 1.65. The maximum absolute atomic E-state index is 13.4. The summed E-state index contributed by atoms with van der Waals surface area (Å²) in [6.07, 6.45) is 0. The Hall–Kier alpha value is -2.01. The van der Waals surface area contributed by atoms with E-state index in [0.717, 1.165) is 11.3 Å². The minimum Gasteiger partial charge on any atom is -0.337 e. The standard InChI is InChI=1S/C18H21FN2OS/c1-13-3-7-16(8-4-13)23-10-9-20-18(22)21-12-15-6-5-14(2)17(19)11-15/h3-8,11H,9-10,12H2,1-2H3,(H2,20,21,22). The number of aryl methyl sites for hydroxylation is 2. The van der Waals surface area contributed by atoms with Crippen LogP contribution in [-0.2, 0) is 6.54 Å². The Morgan fingerprint density at radius 1 is 1.09 bits per heavy atom. The lowest BCUT2D eigenvalue weighted by Crippen LogP contribution is -2.36. The monoisotopic (exact) mass is 332 g/mol. The molecule has 0 bridgehead atoms. The summed E-state index contributed by atoms with van der Waals surface area (Å²) >= 11 is 1.70. The molecule has 2 N–H and O–H groups in total. The number of halogens is 1. The van der Waals surface area contributed by atoms with Gasteiger partial charge < -0.3 is 10.6 Å². The average molecular weight is 332 g/mol. The van der Waals surface area contributed by atoms with Crippen LogP contribution in [0.5, 0.6) is 0 Å². The quantitative estimate of drug-likeness (QED) is 0.619. The van der Waals surface area contributed by atoms with Crippen molar-refractivity contribution in [2.45, 2.75) is 25.3 Å². The van der Waals surface area contributed by atoms with Gasteiger partial charge in [-0.15, -0.1) is 11.8 Å². The summed E-state index contributed by atoms with van der Waals surface area (Å²) in [7, 11) is 0. The van der Waals surface area contributed by atoms with Gasteiger partial charge >= 0.3 is 6.03 Å². The molecule has 23 heavy (non-hydrogen) atoms. The van der Waals surface area contributed by atoms with Gasteiger partial charge in [0.25, 0.3) is 0 Å². The number of urea groups is 1. The number of hydrogen-bond donors (Lipinski definition) is 2. The van der Waals surface area contributed by atoms with Crippen molar-refractivity contribution in [2.24, 2.45) is 0 Å². The largest absolute Gasteiger partial charge is 0.337 e. The van der Waals surface area contributed by atoms with Crippen molar-refractivity contribution in [3.8, 4) is 0 Å². The van der Waals surface area contributed by atoms with E-state index >= 15 is 0 Å². The molecule has 122 valence electrons. The normalized spacial score (nSPS) is 10.4. The first-order valence-electron chi connectivity index (χ1n) is 7.51. The first kappa shape index (κ1) is 17.3. The molecule has 0 unspecified atom stereocenters. The summed E-state index contributed by atoms with van der Waals surface area (Å²) in [6.45, 7) is 4.66. The minimum absolute atomic E-state index is 0.240. The van der Waals surface area contributed by atoms with E-state index in [2.05, 4.69) is 41.8 Å². The lowest BCUT2D eigenvalue weighted by atomic mass is 10.1. The van der Waals surface area contributed by atoms with Crippen molar-refractivity contribution < 1.29 is 9.18 Å². The Bertz CT molecular complexity index is 659. The van der Waals surface area contributed by atoms with E-state index in [-0.39, 0.29) is 11.8 Å². The fraction of sp³-hybridized carbons (Fsp3) is 0.278. The van der Waals surface area contributed by atoms with Crippen LogP contribution >= 0.6 is 11.8 Å². The van der Waals surface area contributed by atoms with E-state index in [0.29, 0.717) is 18.7 Å². The van der Waals surface area contributed by atoms with Crippen LogP contribution in [0.15, 0.2) is 47.4 Å². The lowest BCUT2D eigenvalue weighted by Gasteiger charge is -2.08. The number of amides is 2. The predicted molar refractivity (Wildman–Crippen MR) is 93.3 cm³/mol. The molecule has 2 rings (SSSR count). The third-order valence-corrected chi connectivity index (χ3v) is 4.38. The van der Waals surface area contributed by atoms with Crippen LogP contribution in [0, 0.1) is 19.7 Å². The Labute approximate surface area is 140 Å². The molecule has 0 aliphatic carbocycles. The number of hydrogen-bond acceptors (Lipinski definition) is 2. The number of carbonyl (C=O) groups excluding carboxylic acids is 1. The van der Waals surface area contributed by atoms with Gasteiger partial charge in [-0.1, -0.05) is 29.8 Å². The molecule has 0 spiro atoms. The van der Waals surface area contributed by atoms with Crippen molar-refractivity contribution in [1.29, 1.82) is 0 Å². The third kappa shape index (κ3) is 5.94. The van der Waals surface area contributed by atoms with Gasteiger partial charge in [0.05, 0.1) is 0 Å². The second kappa shape index (κ2) is 8.58. The highest BCUT2D eigenvalue weighted by Crippen LogP contribution is 2.17. The molecule has 0 heterocycles. The van der Waals surface area contributed by atoms with Gasteiger partial charge in [0.1, 0.15) is 5.82 Å². The molecule has 0 saturated heterocycles. The maximum Gasteiger partial charge on any atom is 0.315 e. The van der Waals surface area contributed by atoms with Crippen LogP contribution in [0.2, 0.25) is 0 Å². The zero-order valence-corrected chi connectivity index (χ0v) is 14.2. The van der Waals surface area contributed by atoms with Crippen molar-refractivity contribution in [3.05, 3.63) is 65.0 Å². The molecular formula is C18H21FN2OS. The molecule has 0 atom stereocenters. The lowest BCUT2D eigenvalue weighted by molar-refractivity contribution is 0.241. The zero-order chi connectivity index (χ0) is 16.7. The van der Waals surface area contributed by atoms with Gasteiger partial charge in [-0.2, -0.15) is 0 Å². The van der Waals surface area contributed by atoms with E-state index in [1.807, 2.05) is 6.07 Å². The van der Waals surface area contributed by atoms with Gasteiger partial charge in [-0.3, -0.25) is 0 Å². The third-order valence-electron chi connectivity index (χ3n) is 3.37. The van der Waals surface area contributed by atoms with Gasteiger partial charge in [-0.05, 0) is 43.2 Å². The van der Waals surface area contributed by atoms with Crippen molar-refractivity contribution in [3.63, 3.8) is 0 Å². The molecule has 0 radical (unpaired) electrons. The Morgan fingerprint density at radius 2 is 1.83 bits per heavy atom. The summed E-state index contributed by atoms with van der Waals surface area (Å²) in [5, 5.41) is 5.52. The Morgan fingerprint density at radius 3 is 2.52 bits per heavy atom. The first-order valence-corrected chi connectivity index (χ1v) is 8.49. The fourth-order valence-corrected chi connectivity index (χ4v) is 2.73. The molecular weight excluding hydrogens is 311 g/mol. The van der Waals surface area contributed by atoms with Crippen molar-refractivity contribution >= 4 is 17.8 Å². The summed E-state index contributed by atoms with van der Waals surface area (Å²) in [5.74, 6) is 0.550. The van der Waals surface area contributed by atoms with Gasteiger partial charge in [0.15, 0.2) is 0 Å². The number of nitrogens with one attached hydrogen (secondary N) is 2. The van der Waals surface area contributed by atoms with E-state index in [1.165, 1.54) is 16.5 Å². The topological polar surface area (TPSA) is 41.1 Å². The second-order valence-corrected chi connectivity index (χ2v) is 6.52. The van der Waals surface area contributed by atoms with Crippen molar-refractivity contribution in [2.75, 3.05) is 12.3 Å². The molecule has 0 aliphatic rings. The molecule has 0 fully saturated rings. The van der Waals surface area contributed by atoms with Gasteiger partial charge in [-0.25, -0.2) is 9.18 Å². The first-order chi connectivity index (χ1) is 11.0. The van der Waals surface area contributed by atoms with E-state index in [9.17, 15) is 9.18 Å². The summed E-state index contributed by atoms with van der Waals surface area (Å²) in [4.78, 5) is 12.9. The Kier molecular flexibility index (Phi) is 6.47. The average Bonchev–Trinajstić information content (AvgIpc) is 2.54.